The molecule has 0 aliphatic rings. The fourth-order valence-electron chi connectivity index (χ4n) is 1.06. The Morgan fingerprint density at radius 1 is 1.07 bits per heavy atom. The molecular weight excluding hydrogens is 242 g/mol. The highest BCUT2D eigenvalue weighted by atomic mass is 35.5. The second kappa shape index (κ2) is 4.69. The summed E-state index contributed by atoms with van der Waals surface area (Å²) < 4.78 is 0. The van der Waals surface area contributed by atoms with Gasteiger partial charge in [0, 0.05) is 5.56 Å². The Balaban J connectivity index is 0.000000980. The van der Waals surface area contributed by atoms with Crippen molar-refractivity contribution in [2.45, 2.75) is 0 Å². The molecule has 0 radical (unpaired) electrons. The van der Waals surface area contributed by atoms with Gasteiger partial charge in [0.25, 0.3) is 0 Å². The lowest BCUT2D eigenvalue weighted by Crippen LogP contribution is -1.77. The van der Waals surface area contributed by atoms with E-state index in [0.717, 1.165) is 5.56 Å². The standard InChI is InChI=1S/C9H6Cl2N2.ClH/c10-7-8(11)13-9(12-7)6-4-2-1-3-5-6;/h1-5H,(H,12,13);1H. The number of aromatic nitrogens is 2. The van der Waals surface area contributed by atoms with Gasteiger partial charge < -0.3 is 4.98 Å². The van der Waals surface area contributed by atoms with Gasteiger partial charge in [0.1, 0.15) is 11.0 Å². The van der Waals surface area contributed by atoms with Crippen molar-refractivity contribution >= 4 is 35.6 Å². The summed E-state index contributed by atoms with van der Waals surface area (Å²) in [6.45, 7) is 0. The summed E-state index contributed by atoms with van der Waals surface area (Å²) in [7, 11) is 0. The molecule has 0 saturated carbocycles. The summed E-state index contributed by atoms with van der Waals surface area (Å²) in [5.41, 5.74) is 0.969. The van der Waals surface area contributed by atoms with Crippen LogP contribution < -0.4 is 0 Å². The molecule has 1 N–H and O–H groups in total. The van der Waals surface area contributed by atoms with Crippen molar-refractivity contribution < 1.29 is 0 Å². The first-order chi connectivity index (χ1) is 6.27. The molecule has 0 atom stereocenters. The van der Waals surface area contributed by atoms with Crippen LogP contribution in [0.15, 0.2) is 30.3 Å². The molecule has 2 nitrogen and oxygen atoms in total. The lowest BCUT2D eigenvalue weighted by molar-refractivity contribution is 1.31. The van der Waals surface area contributed by atoms with Crippen LogP contribution in [0.25, 0.3) is 11.4 Å². The van der Waals surface area contributed by atoms with Crippen LogP contribution in [0.1, 0.15) is 0 Å². The monoisotopic (exact) mass is 248 g/mol. The van der Waals surface area contributed by atoms with Crippen molar-refractivity contribution in [3.63, 3.8) is 0 Å². The molecule has 74 valence electrons. The largest absolute Gasteiger partial charge is 0.328 e. The molecule has 2 rings (SSSR count). The minimum absolute atomic E-state index is 0. The lowest BCUT2D eigenvalue weighted by atomic mass is 10.2. The van der Waals surface area contributed by atoms with Gasteiger partial charge in [-0.05, 0) is 0 Å². The van der Waals surface area contributed by atoms with Crippen LogP contribution in [-0.2, 0) is 0 Å². The van der Waals surface area contributed by atoms with E-state index in [2.05, 4.69) is 9.97 Å². The molecule has 2 aromatic rings. The first-order valence-corrected chi connectivity index (χ1v) is 4.49. The van der Waals surface area contributed by atoms with Crippen LogP contribution in [-0.4, -0.2) is 9.97 Å². The molecular formula is C9H7Cl3N2. The van der Waals surface area contributed by atoms with Gasteiger partial charge in [-0.1, -0.05) is 53.5 Å². The molecule has 5 heteroatoms. The van der Waals surface area contributed by atoms with Crippen molar-refractivity contribution in [1.29, 1.82) is 0 Å². The quantitative estimate of drug-likeness (QED) is 0.818. The Kier molecular flexibility index (Phi) is 3.81. The Bertz CT molecular complexity index is 392. The molecule has 1 heterocycles. The fourth-order valence-corrected chi connectivity index (χ4v) is 1.33. The summed E-state index contributed by atoms with van der Waals surface area (Å²) in [5, 5.41) is 0.682. The van der Waals surface area contributed by atoms with Crippen LogP contribution >= 0.6 is 35.6 Å². The molecule has 1 aromatic carbocycles. The zero-order valence-corrected chi connectivity index (χ0v) is 9.33. The van der Waals surface area contributed by atoms with E-state index in [1.807, 2.05) is 30.3 Å². The second-order valence-corrected chi connectivity index (χ2v) is 3.29. The van der Waals surface area contributed by atoms with Gasteiger partial charge in [0.2, 0.25) is 0 Å². The van der Waals surface area contributed by atoms with E-state index in [0.29, 0.717) is 16.1 Å². The number of benzene rings is 1. The third-order valence-corrected chi connectivity index (χ3v) is 2.31. The van der Waals surface area contributed by atoms with Crippen molar-refractivity contribution in [2.24, 2.45) is 0 Å². The van der Waals surface area contributed by atoms with E-state index >= 15 is 0 Å². The molecule has 14 heavy (non-hydrogen) atoms. The van der Waals surface area contributed by atoms with Crippen LogP contribution in [0.5, 0.6) is 0 Å². The summed E-state index contributed by atoms with van der Waals surface area (Å²) in [5.74, 6) is 0.690. The first-order valence-electron chi connectivity index (χ1n) is 3.74. The molecule has 0 aliphatic heterocycles. The van der Waals surface area contributed by atoms with Gasteiger partial charge in [-0.2, -0.15) is 0 Å². The van der Waals surface area contributed by atoms with Crippen LogP contribution in [0.2, 0.25) is 10.3 Å². The number of imidazole rings is 1. The smallest absolute Gasteiger partial charge is 0.166 e. The van der Waals surface area contributed by atoms with Gasteiger partial charge in [-0.3, -0.25) is 0 Å². The van der Waals surface area contributed by atoms with Crippen LogP contribution in [0, 0.1) is 0 Å². The minimum Gasteiger partial charge on any atom is -0.328 e. The fraction of sp³-hybridized carbons (Fsp3) is 0. The maximum absolute atomic E-state index is 5.73. The van der Waals surface area contributed by atoms with Crippen LogP contribution in [0.4, 0.5) is 0 Å². The predicted molar refractivity (Wildman–Crippen MR) is 61.3 cm³/mol. The summed E-state index contributed by atoms with van der Waals surface area (Å²) in [4.78, 5) is 6.94. The SMILES string of the molecule is Cl.Clc1nc(-c2ccccc2)[nH]c1Cl. The average molecular weight is 250 g/mol. The third-order valence-electron chi connectivity index (χ3n) is 1.67. The first kappa shape index (κ1) is 11.4. The third kappa shape index (κ3) is 2.21. The Morgan fingerprint density at radius 3 is 2.21 bits per heavy atom. The number of H-pyrrole nitrogens is 1. The normalized spacial score (nSPS) is 9.57. The average Bonchev–Trinajstić information content (AvgIpc) is 2.49. The minimum atomic E-state index is 0. The topological polar surface area (TPSA) is 28.7 Å². The highest BCUT2D eigenvalue weighted by molar-refractivity contribution is 6.40. The number of nitrogens with one attached hydrogen (secondary N) is 1. The Morgan fingerprint density at radius 2 is 1.71 bits per heavy atom. The predicted octanol–water partition coefficient (Wildman–Crippen LogP) is 3.81. The van der Waals surface area contributed by atoms with Gasteiger partial charge >= 0.3 is 0 Å². The summed E-state index contributed by atoms with van der Waals surface area (Å²) >= 11 is 11.4. The van der Waals surface area contributed by atoms with Gasteiger partial charge in [-0.15, -0.1) is 12.4 Å². The maximum atomic E-state index is 5.73. The van der Waals surface area contributed by atoms with Gasteiger partial charge in [0.05, 0.1) is 0 Å². The Hall–Kier alpha value is -0.700. The van der Waals surface area contributed by atoms with Gasteiger partial charge in [-0.25, -0.2) is 4.98 Å². The lowest BCUT2D eigenvalue weighted by Gasteiger charge is -1.93. The number of halogens is 3. The molecule has 0 fully saturated rings. The van der Waals surface area contributed by atoms with Crippen molar-refractivity contribution in [1.82, 2.24) is 9.97 Å². The highest BCUT2D eigenvalue weighted by Crippen LogP contribution is 2.23. The van der Waals surface area contributed by atoms with Crippen molar-refractivity contribution in [2.75, 3.05) is 0 Å². The number of hydrogen-bond acceptors (Lipinski definition) is 1. The molecule has 1 aromatic heterocycles. The van der Waals surface area contributed by atoms with Crippen molar-refractivity contribution in [3.05, 3.63) is 40.6 Å². The zero-order chi connectivity index (χ0) is 9.26. The molecule has 0 spiro atoms. The Labute approximate surface area is 97.7 Å². The molecule has 0 bridgehead atoms. The number of nitrogens with zero attached hydrogens (tertiary/aromatic N) is 1. The van der Waals surface area contributed by atoms with E-state index in [1.165, 1.54) is 0 Å². The second-order valence-electron chi connectivity index (χ2n) is 2.56. The number of hydrogen-bond donors (Lipinski definition) is 1. The number of aromatic amines is 1. The van der Waals surface area contributed by atoms with E-state index in [1.54, 1.807) is 0 Å². The molecule has 0 unspecified atom stereocenters. The molecule has 0 amide bonds. The van der Waals surface area contributed by atoms with E-state index < -0.39 is 0 Å². The van der Waals surface area contributed by atoms with Crippen molar-refractivity contribution in [3.8, 4) is 11.4 Å². The maximum Gasteiger partial charge on any atom is 0.166 e. The van der Waals surface area contributed by atoms with Crippen LogP contribution in [0.3, 0.4) is 0 Å². The molecule has 0 aliphatic carbocycles. The van der Waals surface area contributed by atoms with E-state index in [4.69, 9.17) is 23.2 Å². The summed E-state index contributed by atoms with van der Waals surface area (Å²) in [6, 6.07) is 9.67. The van der Waals surface area contributed by atoms with E-state index in [-0.39, 0.29) is 12.4 Å². The van der Waals surface area contributed by atoms with E-state index in [9.17, 15) is 0 Å². The summed E-state index contributed by atoms with van der Waals surface area (Å²) in [6.07, 6.45) is 0. The van der Waals surface area contributed by atoms with Gasteiger partial charge in [0.15, 0.2) is 5.15 Å². The number of rotatable bonds is 1. The molecule has 0 saturated heterocycles. The highest BCUT2D eigenvalue weighted by Gasteiger charge is 2.06. The zero-order valence-electron chi connectivity index (χ0n) is 7.00.